The number of halogens is 2. The molecule has 0 saturated heterocycles. The Morgan fingerprint density at radius 2 is 1.83 bits per heavy atom. The standard InChI is InChI=1S/C16H23Cl2N3O2/c1-12(22)21(9-4-8-20(2)3)10-7-16(23)19-15-11-13(17)5-6-14(15)18/h5-6,11H,4,7-10H2,1-3H3,(H,19,23). The van der Waals surface area contributed by atoms with Crippen LogP contribution in [0.2, 0.25) is 10.0 Å². The Hall–Kier alpha value is -1.30. The number of carbonyl (C=O) groups excluding carboxylic acids is 2. The summed E-state index contributed by atoms with van der Waals surface area (Å²) in [5, 5.41) is 3.64. The minimum absolute atomic E-state index is 0.0302. The molecule has 0 atom stereocenters. The van der Waals surface area contributed by atoms with Gasteiger partial charge in [-0.05, 0) is 45.3 Å². The predicted octanol–water partition coefficient (Wildman–Crippen LogP) is 3.12. The molecule has 0 aliphatic carbocycles. The van der Waals surface area contributed by atoms with Gasteiger partial charge in [0.25, 0.3) is 0 Å². The second-order valence-electron chi connectivity index (χ2n) is 5.59. The van der Waals surface area contributed by atoms with Crippen molar-refractivity contribution >= 4 is 40.7 Å². The van der Waals surface area contributed by atoms with E-state index in [9.17, 15) is 9.59 Å². The van der Waals surface area contributed by atoms with Crippen molar-refractivity contribution in [1.29, 1.82) is 0 Å². The summed E-state index contributed by atoms with van der Waals surface area (Å²) in [5.74, 6) is -0.231. The molecule has 0 bridgehead atoms. The molecule has 23 heavy (non-hydrogen) atoms. The van der Waals surface area contributed by atoms with Gasteiger partial charge in [-0.1, -0.05) is 23.2 Å². The molecule has 1 aromatic carbocycles. The fourth-order valence-corrected chi connectivity index (χ4v) is 2.38. The molecule has 2 amide bonds. The maximum Gasteiger partial charge on any atom is 0.226 e. The maximum absolute atomic E-state index is 12.0. The first-order valence-corrected chi connectivity index (χ1v) is 8.20. The lowest BCUT2D eigenvalue weighted by molar-refractivity contribution is -0.129. The van der Waals surface area contributed by atoms with E-state index in [2.05, 4.69) is 10.2 Å². The zero-order valence-corrected chi connectivity index (χ0v) is 15.2. The highest BCUT2D eigenvalue weighted by atomic mass is 35.5. The Morgan fingerprint density at radius 1 is 1.13 bits per heavy atom. The van der Waals surface area contributed by atoms with Crippen LogP contribution in [-0.4, -0.2) is 55.3 Å². The first kappa shape index (κ1) is 19.7. The van der Waals surface area contributed by atoms with E-state index in [1.54, 1.807) is 23.1 Å². The number of nitrogens with zero attached hydrogens (tertiary/aromatic N) is 2. The summed E-state index contributed by atoms with van der Waals surface area (Å²) in [5.41, 5.74) is 0.478. The SMILES string of the molecule is CC(=O)N(CCCN(C)C)CCC(=O)Nc1cc(Cl)ccc1Cl. The molecule has 128 valence electrons. The third-order valence-corrected chi connectivity index (χ3v) is 3.85. The van der Waals surface area contributed by atoms with Gasteiger partial charge in [0.1, 0.15) is 0 Å². The molecular formula is C16H23Cl2N3O2. The van der Waals surface area contributed by atoms with Gasteiger partial charge in [0, 0.05) is 31.5 Å². The number of hydrogen-bond acceptors (Lipinski definition) is 3. The average molecular weight is 360 g/mol. The van der Waals surface area contributed by atoms with Crippen molar-refractivity contribution in [2.24, 2.45) is 0 Å². The number of rotatable bonds is 8. The molecule has 1 N–H and O–H groups in total. The van der Waals surface area contributed by atoms with Gasteiger partial charge in [-0.3, -0.25) is 9.59 Å². The molecule has 0 aliphatic heterocycles. The third kappa shape index (κ3) is 7.68. The normalized spacial score (nSPS) is 10.7. The lowest BCUT2D eigenvalue weighted by Gasteiger charge is -2.21. The summed E-state index contributed by atoms with van der Waals surface area (Å²) >= 11 is 11.9. The van der Waals surface area contributed by atoms with Crippen LogP contribution in [0.3, 0.4) is 0 Å². The molecule has 5 nitrogen and oxygen atoms in total. The number of hydrogen-bond donors (Lipinski definition) is 1. The fourth-order valence-electron chi connectivity index (χ4n) is 2.05. The van der Waals surface area contributed by atoms with Gasteiger partial charge in [0.15, 0.2) is 0 Å². The second kappa shape index (κ2) is 9.75. The van der Waals surface area contributed by atoms with E-state index in [0.29, 0.717) is 28.8 Å². The van der Waals surface area contributed by atoms with Gasteiger partial charge in [-0.15, -0.1) is 0 Å². The molecule has 0 fully saturated rings. The lowest BCUT2D eigenvalue weighted by atomic mass is 10.2. The zero-order chi connectivity index (χ0) is 17.4. The second-order valence-corrected chi connectivity index (χ2v) is 6.43. The molecular weight excluding hydrogens is 337 g/mol. The van der Waals surface area contributed by atoms with E-state index >= 15 is 0 Å². The highest BCUT2D eigenvalue weighted by Crippen LogP contribution is 2.25. The quantitative estimate of drug-likeness (QED) is 0.775. The summed E-state index contributed by atoms with van der Waals surface area (Å²) in [6.45, 7) is 3.43. The molecule has 0 aromatic heterocycles. The monoisotopic (exact) mass is 359 g/mol. The molecule has 7 heteroatoms. The van der Waals surface area contributed by atoms with Gasteiger partial charge in [-0.2, -0.15) is 0 Å². The van der Waals surface area contributed by atoms with Crippen molar-refractivity contribution in [3.8, 4) is 0 Å². The summed E-state index contributed by atoms with van der Waals surface area (Å²) in [6.07, 6.45) is 1.08. The number of anilines is 1. The summed E-state index contributed by atoms with van der Waals surface area (Å²) in [6, 6.07) is 4.88. The Kier molecular flexibility index (Phi) is 8.37. The minimum Gasteiger partial charge on any atom is -0.342 e. The Morgan fingerprint density at radius 3 is 2.43 bits per heavy atom. The third-order valence-electron chi connectivity index (χ3n) is 3.29. The molecule has 1 aromatic rings. The predicted molar refractivity (Wildman–Crippen MR) is 95.1 cm³/mol. The fraction of sp³-hybridized carbons (Fsp3) is 0.500. The lowest BCUT2D eigenvalue weighted by Crippen LogP contribution is -2.34. The zero-order valence-electron chi connectivity index (χ0n) is 13.7. The molecule has 0 saturated carbocycles. The van der Waals surface area contributed by atoms with Gasteiger partial charge >= 0.3 is 0 Å². The highest BCUT2D eigenvalue weighted by molar-refractivity contribution is 6.35. The molecule has 0 heterocycles. The number of benzene rings is 1. The van der Waals surface area contributed by atoms with Crippen molar-refractivity contribution in [1.82, 2.24) is 9.80 Å². The Labute approximate surface area is 147 Å². The van der Waals surface area contributed by atoms with Gasteiger partial charge in [0.05, 0.1) is 10.7 Å². The first-order valence-electron chi connectivity index (χ1n) is 7.44. The van der Waals surface area contributed by atoms with Crippen LogP contribution in [0, 0.1) is 0 Å². The summed E-state index contributed by atoms with van der Waals surface area (Å²) in [7, 11) is 3.97. The van der Waals surface area contributed by atoms with Crippen molar-refractivity contribution in [3.05, 3.63) is 28.2 Å². The molecule has 1 rings (SSSR count). The van der Waals surface area contributed by atoms with Crippen LogP contribution in [0.4, 0.5) is 5.69 Å². The van der Waals surface area contributed by atoms with Crippen molar-refractivity contribution < 1.29 is 9.59 Å². The van der Waals surface area contributed by atoms with E-state index in [1.165, 1.54) is 6.92 Å². The van der Waals surface area contributed by atoms with E-state index < -0.39 is 0 Å². The van der Waals surface area contributed by atoms with Gasteiger partial charge < -0.3 is 15.1 Å². The van der Waals surface area contributed by atoms with Gasteiger partial charge in [-0.25, -0.2) is 0 Å². The smallest absolute Gasteiger partial charge is 0.226 e. The highest BCUT2D eigenvalue weighted by Gasteiger charge is 2.12. The van der Waals surface area contributed by atoms with E-state index in [4.69, 9.17) is 23.2 Å². The summed E-state index contributed by atoms with van der Waals surface area (Å²) < 4.78 is 0. The number of carbonyl (C=O) groups is 2. The van der Waals surface area contributed by atoms with Crippen LogP contribution >= 0.6 is 23.2 Å². The topological polar surface area (TPSA) is 52.7 Å². The van der Waals surface area contributed by atoms with Crippen LogP contribution in [-0.2, 0) is 9.59 Å². The van der Waals surface area contributed by atoms with E-state index in [0.717, 1.165) is 13.0 Å². The number of nitrogens with one attached hydrogen (secondary N) is 1. The number of amides is 2. The molecule has 0 radical (unpaired) electrons. The molecule has 0 aliphatic rings. The van der Waals surface area contributed by atoms with Crippen LogP contribution in [0.15, 0.2) is 18.2 Å². The van der Waals surface area contributed by atoms with Gasteiger partial charge in [0.2, 0.25) is 11.8 Å². The van der Waals surface area contributed by atoms with Crippen LogP contribution in [0.5, 0.6) is 0 Å². The van der Waals surface area contributed by atoms with E-state index in [-0.39, 0.29) is 18.2 Å². The Bertz CT molecular complexity index is 550. The maximum atomic E-state index is 12.0. The van der Waals surface area contributed by atoms with Crippen LogP contribution in [0.25, 0.3) is 0 Å². The Balaban J connectivity index is 2.48. The first-order chi connectivity index (χ1) is 10.8. The van der Waals surface area contributed by atoms with E-state index in [1.807, 2.05) is 14.1 Å². The van der Waals surface area contributed by atoms with Crippen molar-refractivity contribution in [2.45, 2.75) is 19.8 Å². The summed E-state index contributed by atoms with van der Waals surface area (Å²) in [4.78, 5) is 27.4. The van der Waals surface area contributed by atoms with Crippen LogP contribution < -0.4 is 5.32 Å². The minimum atomic E-state index is -0.201. The largest absolute Gasteiger partial charge is 0.342 e. The van der Waals surface area contributed by atoms with Crippen molar-refractivity contribution in [3.63, 3.8) is 0 Å². The van der Waals surface area contributed by atoms with Crippen molar-refractivity contribution in [2.75, 3.05) is 39.0 Å². The molecule has 0 spiro atoms. The average Bonchev–Trinajstić information content (AvgIpc) is 2.45. The van der Waals surface area contributed by atoms with Crippen LogP contribution in [0.1, 0.15) is 19.8 Å². The molecule has 0 unspecified atom stereocenters.